The summed E-state index contributed by atoms with van der Waals surface area (Å²) in [6.07, 6.45) is -2.33. The first-order chi connectivity index (χ1) is 6.15. The second kappa shape index (κ2) is 4.88. The van der Waals surface area contributed by atoms with Crippen LogP contribution in [-0.4, -0.2) is 52.9 Å². The largest absolute Gasteiger partial charge is 0.393 e. The van der Waals surface area contributed by atoms with E-state index < -0.39 is 24.4 Å². The first kappa shape index (κ1) is 10.9. The molecule has 1 saturated carbocycles. The Hall–Kier alpha value is -0.200. The Kier molecular flexibility index (Phi) is 4.08. The number of ether oxygens (including phenoxy) is 1. The highest BCUT2D eigenvalue weighted by Gasteiger charge is 2.35. The van der Waals surface area contributed by atoms with Crippen LogP contribution in [0.4, 0.5) is 0 Å². The Bertz CT molecular complexity index is 155. The van der Waals surface area contributed by atoms with E-state index in [1.165, 1.54) is 0 Å². The molecule has 4 unspecified atom stereocenters. The van der Waals surface area contributed by atoms with Gasteiger partial charge in [-0.1, -0.05) is 0 Å². The fourth-order valence-electron chi connectivity index (χ4n) is 1.56. The Morgan fingerprint density at radius 3 is 2.54 bits per heavy atom. The topological polar surface area (TPSA) is 95.9 Å². The molecule has 0 aromatic carbocycles. The van der Waals surface area contributed by atoms with Crippen LogP contribution in [0, 0.1) is 0 Å². The molecule has 0 bridgehead atoms. The van der Waals surface area contributed by atoms with Crippen molar-refractivity contribution in [3.8, 4) is 0 Å². The maximum Gasteiger partial charge on any atom is 0.106 e. The Balaban J connectivity index is 2.41. The van der Waals surface area contributed by atoms with Gasteiger partial charge < -0.3 is 25.8 Å². The zero-order chi connectivity index (χ0) is 9.84. The molecule has 5 N–H and O–H groups in total. The van der Waals surface area contributed by atoms with Crippen molar-refractivity contribution in [1.29, 1.82) is 0 Å². The van der Waals surface area contributed by atoms with Crippen LogP contribution in [0.3, 0.4) is 0 Å². The Morgan fingerprint density at radius 1 is 1.23 bits per heavy atom. The van der Waals surface area contributed by atoms with Crippen molar-refractivity contribution in [2.24, 2.45) is 5.73 Å². The van der Waals surface area contributed by atoms with Crippen LogP contribution in [0.1, 0.15) is 12.8 Å². The molecule has 78 valence electrons. The van der Waals surface area contributed by atoms with Gasteiger partial charge in [0.15, 0.2) is 0 Å². The van der Waals surface area contributed by atoms with Crippen molar-refractivity contribution in [1.82, 2.24) is 0 Å². The smallest absolute Gasteiger partial charge is 0.106 e. The lowest BCUT2D eigenvalue weighted by Gasteiger charge is -2.34. The molecule has 0 heterocycles. The van der Waals surface area contributed by atoms with E-state index in [0.29, 0.717) is 19.6 Å². The fraction of sp³-hybridized carbons (Fsp3) is 1.00. The normalized spacial score (nSPS) is 40.6. The number of aliphatic hydroxyl groups is 3. The van der Waals surface area contributed by atoms with E-state index in [4.69, 9.17) is 10.5 Å². The number of hydrogen-bond donors (Lipinski definition) is 4. The third kappa shape index (κ3) is 2.89. The SMILES string of the molecule is NCCOC1CC(O)CC(O)C1O. The van der Waals surface area contributed by atoms with Crippen LogP contribution >= 0.6 is 0 Å². The van der Waals surface area contributed by atoms with Crippen LogP contribution in [-0.2, 0) is 4.74 Å². The summed E-state index contributed by atoms with van der Waals surface area (Å²) < 4.78 is 5.19. The second-order valence-electron chi connectivity index (χ2n) is 3.38. The van der Waals surface area contributed by atoms with Crippen molar-refractivity contribution in [2.45, 2.75) is 37.3 Å². The summed E-state index contributed by atoms with van der Waals surface area (Å²) in [5.74, 6) is 0. The van der Waals surface area contributed by atoms with Crippen LogP contribution in [0.15, 0.2) is 0 Å². The lowest BCUT2D eigenvalue weighted by atomic mass is 9.90. The molecule has 0 aromatic heterocycles. The van der Waals surface area contributed by atoms with Gasteiger partial charge in [-0.25, -0.2) is 0 Å². The molecule has 4 atom stereocenters. The van der Waals surface area contributed by atoms with Gasteiger partial charge in [0.25, 0.3) is 0 Å². The van der Waals surface area contributed by atoms with Crippen molar-refractivity contribution in [3.63, 3.8) is 0 Å². The summed E-state index contributed by atoms with van der Waals surface area (Å²) in [7, 11) is 0. The molecule has 1 aliphatic carbocycles. The van der Waals surface area contributed by atoms with E-state index in [0.717, 1.165) is 0 Å². The Labute approximate surface area is 77.1 Å². The van der Waals surface area contributed by atoms with Crippen LogP contribution in [0.2, 0.25) is 0 Å². The average molecular weight is 191 g/mol. The zero-order valence-electron chi connectivity index (χ0n) is 7.47. The molecular formula is C8H17NO4. The number of rotatable bonds is 3. The van der Waals surface area contributed by atoms with Crippen LogP contribution < -0.4 is 5.73 Å². The Morgan fingerprint density at radius 2 is 1.92 bits per heavy atom. The van der Waals surface area contributed by atoms with Gasteiger partial charge in [0, 0.05) is 19.4 Å². The minimum absolute atomic E-state index is 0.212. The summed E-state index contributed by atoms with van der Waals surface area (Å²) in [5, 5.41) is 28.0. The maximum absolute atomic E-state index is 9.45. The monoisotopic (exact) mass is 191 g/mol. The predicted octanol–water partition coefficient (Wildman–Crippen LogP) is -1.79. The molecule has 0 aliphatic heterocycles. The van der Waals surface area contributed by atoms with E-state index in [1.54, 1.807) is 0 Å². The van der Waals surface area contributed by atoms with Gasteiger partial charge in [-0.3, -0.25) is 0 Å². The highest BCUT2D eigenvalue weighted by atomic mass is 16.5. The van der Waals surface area contributed by atoms with Gasteiger partial charge in [-0.2, -0.15) is 0 Å². The van der Waals surface area contributed by atoms with E-state index >= 15 is 0 Å². The zero-order valence-corrected chi connectivity index (χ0v) is 7.47. The van der Waals surface area contributed by atoms with Gasteiger partial charge in [0.05, 0.1) is 24.9 Å². The minimum atomic E-state index is -0.907. The highest BCUT2D eigenvalue weighted by Crippen LogP contribution is 2.22. The molecule has 5 nitrogen and oxygen atoms in total. The number of aliphatic hydroxyl groups excluding tert-OH is 3. The molecule has 0 saturated heterocycles. The highest BCUT2D eigenvalue weighted by molar-refractivity contribution is 4.86. The van der Waals surface area contributed by atoms with Gasteiger partial charge in [-0.15, -0.1) is 0 Å². The standard InChI is InChI=1S/C8H17NO4/c9-1-2-13-7-4-5(10)3-6(11)8(7)12/h5-8,10-12H,1-4,9H2. The molecule has 1 aliphatic rings. The van der Waals surface area contributed by atoms with E-state index in [2.05, 4.69) is 0 Å². The summed E-state index contributed by atoms with van der Waals surface area (Å²) in [4.78, 5) is 0. The quantitative estimate of drug-likeness (QED) is 0.422. The first-order valence-electron chi connectivity index (χ1n) is 4.51. The summed E-state index contributed by atoms with van der Waals surface area (Å²) in [6.45, 7) is 0.705. The van der Waals surface area contributed by atoms with Crippen molar-refractivity contribution in [3.05, 3.63) is 0 Å². The summed E-state index contributed by atoms with van der Waals surface area (Å²) >= 11 is 0. The minimum Gasteiger partial charge on any atom is -0.393 e. The van der Waals surface area contributed by atoms with Gasteiger partial charge in [-0.05, 0) is 0 Å². The molecule has 5 heteroatoms. The predicted molar refractivity (Wildman–Crippen MR) is 46.0 cm³/mol. The molecule has 13 heavy (non-hydrogen) atoms. The van der Waals surface area contributed by atoms with Gasteiger partial charge in [0.2, 0.25) is 0 Å². The molecule has 0 spiro atoms. The lowest BCUT2D eigenvalue weighted by Crippen LogP contribution is -2.47. The van der Waals surface area contributed by atoms with E-state index in [-0.39, 0.29) is 6.42 Å². The molecule has 1 fully saturated rings. The fourth-order valence-corrected chi connectivity index (χ4v) is 1.56. The van der Waals surface area contributed by atoms with Gasteiger partial charge in [0.1, 0.15) is 6.10 Å². The molecule has 0 radical (unpaired) electrons. The second-order valence-corrected chi connectivity index (χ2v) is 3.38. The van der Waals surface area contributed by atoms with Crippen LogP contribution in [0.5, 0.6) is 0 Å². The third-order valence-electron chi connectivity index (χ3n) is 2.24. The lowest BCUT2D eigenvalue weighted by molar-refractivity contribution is -0.138. The van der Waals surface area contributed by atoms with Crippen molar-refractivity contribution in [2.75, 3.05) is 13.2 Å². The van der Waals surface area contributed by atoms with E-state index in [9.17, 15) is 15.3 Å². The van der Waals surface area contributed by atoms with Crippen molar-refractivity contribution < 1.29 is 20.1 Å². The maximum atomic E-state index is 9.45. The average Bonchev–Trinajstić information content (AvgIpc) is 2.09. The summed E-state index contributed by atoms with van der Waals surface area (Å²) in [5.41, 5.74) is 5.23. The molecule has 0 amide bonds. The number of hydrogen-bond acceptors (Lipinski definition) is 5. The molecular weight excluding hydrogens is 174 g/mol. The number of nitrogens with two attached hydrogens (primary N) is 1. The summed E-state index contributed by atoms with van der Waals surface area (Å²) in [6, 6.07) is 0. The molecule has 0 aromatic rings. The van der Waals surface area contributed by atoms with Crippen molar-refractivity contribution >= 4 is 0 Å². The van der Waals surface area contributed by atoms with E-state index in [1.807, 2.05) is 0 Å². The van der Waals surface area contributed by atoms with Gasteiger partial charge >= 0.3 is 0 Å². The first-order valence-corrected chi connectivity index (χ1v) is 4.51. The molecule has 1 rings (SSSR count). The van der Waals surface area contributed by atoms with Crippen LogP contribution in [0.25, 0.3) is 0 Å². The third-order valence-corrected chi connectivity index (χ3v) is 2.24.